The average Bonchev–Trinajstić information content (AvgIpc) is 3.43. The van der Waals surface area contributed by atoms with E-state index in [0.717, 1.165) is 32.5 Å². The Hall–Kier alpha value is -4.66. The minimum absolute atomic E-state index is 0.00914. The minimum Gasteiger partial charge on any atom is -0.347 e. The standard InChI is InChI=1S/C24H18F3N7O2/c1-13-4-16(10-29-8-13)34-23(35)17(5-14-6-18(25)21(27)19(26)7-14)22(33(3-2-28)24(34)36)32-11-15-9-30-31-20(15)12-32/h4,6-10H,3,5,11-12H2,1H3,(H,30,31). The molecule has 0 bridgehead atoms. The van der Waals surface area contributed by atoms with Gasteiger partial charge in [-0.1, -0.05) is 0 Å². The zero-order chi connectivity index (χ0) is 25.6. The number of aromatic nitrogens is 5. The molecule has 0 saturated heterocycles. The van der Waals surface area contributed by atoms with Gasteiger partial charge in [0.25, 0.3) is 5.56 Å². The molecule has 0 atom stereocenters. The second-order valence-corrected chi connectivity index (χ2v) is 8.47. The Labute approximate surface area is 201 Å². The molecule has 1 aliphatic heterocycles. The number of pyridine rings is 1. The van der Waals surface area contributed by atoms with Crippen LogP contribution in [0.1, 0.15) is 27.9 Å². The van der Waals surface area contributed by atoms with E-state index in [0.29, 0.717) is 5.56 Å². The maximum Gasteiger partial charge on any atom is 0.338 e. The number of fused-ring (bicyclic) bond motifs is 1. The molecule has 0 spiro atoms. The van der Waals surface area contributed by atoms with Gasteiger partial charge < -0.3 is 4.90 Å². The van der Waals surface area contributed by atoms with Crippen LogP contribution in [0.25, 0.3) is 5.69 Å². The fourth-order valence-corrected chi connectivity index (χ4v) is 4.44. The van der Waals surface area contributed by atoms with Gasteiger partial charge in [-0.05, 0) is 36.2 Å². The van der Waals surface area contributed by atoms with Crippen molar-refractivity contribution in [1.82, 2.24) is 24.3 Å². The van der Waals surface area contributed by atoms with Gasteiger partial charge in [0.1, 0.15) is 12.4 Å². The van der Waals surface area contributed by atoms with Crippen LogP contribution < -0.4 is 16.1 Å². The van der Waals surface area contributed by atoms with Crippen LogP contribution in [0.2, 0.25) is 0 Å². The van der Waals surface area contributed by atoms with E-state index in [1.165, 1.54) is 6.20 Å². The first kappa shape index (κ1) is 23.1. The van der Waals surface area contributed by atoms with E-state index in [9.17, 15) is 28.0 Å². The number of nitriles is 1. The predicted molar refractivity (Wildman–Crippen MR) is 122 cm³/mol. The van der Waals surface area contributed by atoms with Crippen molar-refractivity contribution in [1.29, 1.82) is 5.26 Å². The molecule has 0 fully saturated rings. The topological polar surface area (TPSA) is 113 Å². The lowest BCUT2D eigenvalue weighted by Crippen LogP contribution is -2.44. The number of anilines is 1. The number of halogens is 3. The van der Waals surface area contributed by atoms with Gasteiger partial charge in [0.2, 0.25) is 0 Å². The summed E-state index contributed by atoms with van der Waals surface area (Å²) < 4.78 is 43.6. The van der Waals surface area contributed by atoms with E-state index < -0.39 is 35.2 Å². The van der Waals surface area contributed by atoms with Crippen molar-refractivity contribution in [2.45, 2.75) is 33.0 Å². The Morgan fingerprint density at radius 1 is 1.08 bits per heavy atom. The molecular weight excluding hydrogens is 475 g/mol. The zero-order valence-corrected chi connectivity index (χ0v) is 18.9. The van der Waals surface area contributed by atoms with Gasteiger partial charge >= 0.3 is 5.69 Å². The van der Waals surface area contributed by atoms with Crippen molar-refractivity contribution in [3.8, 4) is 11.8 Å². The molecule has 12 heteroatoms. The molecule has 182 valence electrons. The van der Waals surface area contributed by atoms with E-state index >= 15 is 0 Å². The maximum absolute atomic E-state index is 14.0. The van der Waals surface area contributed by atoms with Crippen molar-refractivity contribution in [2.24, 2.45) is 0 Å². The third-order valence-corrected chi connectivity index (χ3v) is 6.00. The van der Waals surface area contributed by atoms with Crippen LogP contribution in [0.3, 0.4) is 0 Å². The number of hydrogen-bond acceptors (Lipinski definition) is 6. The first-order valence-corrected chi connectivity index (χ1v) is 10.9. The van der Waals surface area contributed by atoms with E-state index in [2.05, 4.69) is 15.2 Å². The number of H-pyrrole nitrogens is 1. The second kappa shape index (κ2) is 8.84. The van der Waals surface area contributed by atoms with Crippen LogP contribution in [-0.4, -0.2) is 24.3 Å². The normalized spacial score (nSPS) is 12.6. The SMILES string of the molecule is Cc1cncc(-n2c(=O)c(Cc3cc(F)c(F)c(F)c3)c(N3Cc4cn[nH]c4C3)n(CC#N)c2=O)c1. The monoisotopic (exact) mass is 493 g/mol. The summed E-state index contributed by atoms with van der Waals surface area (Å²) in [5.74, 6) is -4.29. The van der Waals surface area contributed by atoms with Crippen molar-refractivity contribution in [3.63, 3.8) is 0 Å². The molecule has 4 aromatic rings. The van der Waals surface area contributed by atoms with E-state index in [1.807, 2.05) is 6.07 Å². The Kier molecular flexibility index (Phi) is 5.68. The highest BCUT2D eigenvalue weighted by molar-refractivity contribution is 5.54. The molecule has 9 nitrogen and oxygen atoms in total. The summed E-state index contributed by atoms with van der Waals surface area (Å²) in [5.41, 5.74) is 0.954. The Balaban J connectivity index is 1.78. The first-order chi connectivity index (χ1) is 17.3. The Bertz CT molecular complexity index is 1620. The van der Waals surface area contributed by atoms with Crippen LogP contribution in [0, 0.1) is 35.7 Å². The average molecular weight is 493 g/mol. The summed E-state index contributed by atoms with van der Waals surface area (Å²) in [6, 6.07) is 5.13. The third kappa shape index (κ3) is 3.84. The highest BCUT2D eigenvalue weighted by atomic mass is 19.2. The van der Waals surface area contributed by atoms with Gasteiger partial charge in [0, 0.05) is 24.7 Å². The smallest absolute Gasteiger partial charge is 0.338 e. The van der Waals surface area contributed by atoms with Gasteiger partial charge in [0.15, 0.2) is 17.5 Å². The lowest BCUT2D eigenvalue weighted by atomic mass is 10.0. The lowest BCUT2D eigenvalue weighted by Gasteiger charge is -2.26. The van der Waals surface area contributed by atoms with Gasteiger partial charge in [0.05, 0.1) is 42.0 Å². The number of aryl methyl sites for hydroxylation is 1. The molecule has 1 aromatic carbocycles. The minimum atomic E-state index is -1.62. The Morgan fingerprint density at radius 3 is 2.50 bits per heavy atom. The summed E-state index contributed by atoms with van der Waals surface area (Å²) in [7, 11) is 0. The van der Waals surface area contributed by atoms with Crippen LogP contribution >= 0.6 is 0 Å². The number of hydrogen-bond donors (Lipinski definition) is 1. The molecular formula is C24H18F3N7O2. The largest absolute Gasteiger partial charge is 0.347 e. The number of benzene rings is 1. The molecule has 1 N–H and O–H groups in total. The van der Waals surface area contributed by atoms with Gasteiger partial charge in [-0.25, -0.2) is 22.5 Å². The van der Waals surface area contributed by atoms with Crippen molar-refractivity contribution in [3.05, 3.63) is 103 Å². The lowest BCUT2D eigenvalue weighted by molar-refractivity contribution is 0.445. The molecule has 1 aliphatic rings. The van der Waals surface area contributed by atoms with Gasteiger partial charge in [-0.15, -0.1) is 0 Å². The summed E-state index contributed by atoms with van der Waals surface area (Å²) in [6.45, 7) is 1.89. The maximum atomic E-state index is 14.0. The summed E-state index contributed by atoms with van der Waals surface area (Å²) in [6.07, 6.45) is 4.18. The predicted octanol–water partition coefficient (Wildman–Crippen LogP) is 2.48. The van der Waals surface area contributed by atoms with Crippen LogP contribution in [-0.2, 0) is 26.1 Å². The highest BCUT2D eigenvalue weighted by Crippen LogP contribution is 2.29. The molecule has 0 amide bonds. The van der Waals surface area contributed by atoms with Gasteiger partial charge in [-0.3, -0.25) is 19.4 Å². The molecule has 0 aliphatic carbocycles. The fourth-order valence-electron chi connectivity index (χ4n) is 4.44. The summed E-state index contributed by atoms with van der Waals surface area (Å²) >= 11 is 0. The third-order valence-electron chi connectivity index (χ3n) is 6.00. The molecule has 36 heavy (non-hydrogen) atoms. The number of nitrogens with one attached hydrogen (secondary N) is 1. The molecule has 4 heterocycles. The van der Waals surface area contributed by atoms with Crippen molar-refractivity contribution >= 4 is 5.82 Å². The number of aromatic amines is 1. The van der Waals surface area contributed by atoms with Crippen molar-refractivity contribution < 1.29 is 13.2 Å². The van der Waals surface area contributed by atoms with E-state index in [4.69, 9.17) is 0 Å². The molecule has 0 unspecified atom stereocenters. The number of nitrogens with zero attached hydrogens (tertiary/aromatic N) is 6. The molecule has 0 saturated carbocycles. The summed E-state index contributed by atoms with van der Waals surface area (Å²) in [4.78, 5) is 33.2. The number of rotatable bonds is 5. The first-order valence-electron chi connectivity index (χ1n) is 10.9. The van der Waals surface area contributed by atoms with E-state index in [1.54, 1.807) is 30.3 Å². The van der Waals surface area contributed by atoms with Crippen LogP contribution in [0.15, 0.2) is 46.4 Å². The molecule has 0 radical (unpaired) electrons. The van der Waals surface area contributed by atoms with Crippen LogP contribution in [0.5, 0.6) is 0 Å². The fraction of sp³-hybridized carbons (Fsp3) is 0.208. The highest BCUT2D eigenvalue weighted by Gasteiger charge is 2.30. The zero-order valence-electron chi connectivity index (χ0n) is 18.9. The van der Waals surface area contributed by atoms with Crippen molar-refractivity contribution in [2.75, 3.05) is 4.90 Å². The van der Waals surface area contributed by atoms with Gasteiger partial charge in [-0.2, -0.15) is 10.4 Å². The quantitative estimate of drug-likeness (QED) is 0.428. The molecule has 5 rings (SSSR count). The van der Waals surface area contributed by atoms with E-state index in [-0.39, 0.29) is 42.1 Å². The molecule has 3 aromatic heterocycles. The second-order valence-electron chi connectivity index (χ2n) is 8.47. The van der Waals surface area contributed by atoms with Crippen LogP contribution in [0.4, 0.5) is 19.0 Å². The summed E-state index contributed by atoms with van der Waals surface area (Å²) in [5, 5.41) is 16.4. The Morgan fingerprint density at radius 2 is 1.83 bits per heavy atom.